The first-order valence-corrected chi connectivity index (χ1v) is 12.2. The van der Waals surface area contributed by atoms with E-state index in [-0.39, 0.29) is 21.9 Å². The number of sulfonamides is 1. The van der Waals surface area contributed by atoms with Gasteiger partial charge in [-0.1, -0.05) is 35.1 Å². The lowest BCUT2D eigenvalue weighted by Crippen LogP contribution is -2.23. The van der Waals surface area contributed by atoms with Crippen LogP contribution in [0.4, 0.5) is 5.13 Å². The summed E-state index contributed by atoms with van der Waals surface area (Å²) < 4.78 is 38.6. The van der Waals surface area contributed by atoms with E-state index < -0.39 is 10.0 Å². The number of hydrogen-bond donors (Lipinski definition) is 2. The van der Waals surface area contributed by atoms with Crippen LogP contribution in [-0.2, 0) is 16.6 Å². The van der Waals surface area contributed by atoms with Crippen molar-refractivity contribution in [3.63, 3.8) is 0 Å². The summed E-state index contributed by atoms with van der Waals surface area (Å²) in [6.45, 7) is 6.58. The molecule has 0 spiro atoms. The van der Waals surface area contributed by atoms with Gasteiger partial charge in [0, 0.05) is 12.1 Å². The largest absolute Gasteiger partial charge is 0.490 e. The van der Waals surface area contributed by atoms with Crippen LogP contribution < -0.4 is 19.5 Å². The number of amides is 1. The van der Waals surface area contributed by atoms with Crippen molar-refractivity contribution in [1.29, 1.82) is 0 Å². The first kappa shape index (κ1) is 23.6. The molecule has 0 atom stereocenters. The Kier molecular flexibility index (Phi) is 7.78. The molecular formula is C21H24N4O5S2. The zero-order chi connectivity index (χ0) is 23.1. The second kappa shape index (κ2) is 10.5. The van der Waals surface area contributed by atoms with Gasteiger partial charge in [-0.25, -0.2) is 13.1 Å². The third-order valence-corrected chi connectivity index (χ3v) is 6.82. The fourth-order valence-electron chi connectivity index (χ4n) is 2.77. The summed E-state index contributed by atoms with van der Waals surface area (Å²) in [5.41, 5.74) is 2.07. The van der Waals surface area contributed by atoms with Crippen molar-refractivity contribution >= 4 is 32.4 Å². The number of carbonyl (C=O) groups is 1. The Bertz CT molecular complexity index is 1190. The summed E-state index contributed by atoms with van der Waals surface area (Å²) in [5, 5.41) is 10.2. The monoisotopic (exact) mass is 476 g/mol. The first-order valence-electron chi connectivity index (χ1n) is 9.92. The van der Waals surface area contributed by atoms with E-state index in [4.69, 9.17) is 9.47 Å². The van der Waals surface area contributed by atoms with Crippen LogP contribution in [0.3, 0.4) is 0 Å². The highest BCUT2D eigenvalue weighted by Crippen LogP contribution is 2.29. The fourth-order valence-corrected chi connectivity index (χ4v) is 4.72. The molecule has 2 aromatic carbocycles. The lowest BCUT2D eigenvalue weighted by Gasteiger charge is -2.12. The van der Waals surface area contributed by atoms with Gasteiger partial charge in [-0.2, -0.15) is 0 Å². The molecule has 0 fully saturated rings. The van der Waals surface area contributed by atoms with E-state index >= 15 is 0 Å². The molecule has 0 unspecified atom stereocenters. The number of nitrogens with zero attached hydrogens (tertiary/aromatic N) is 2. The minimum Gasteiger partial charge on any atom is -0.490 e. The number of aromatic nitrogens is 2. The highest BCUT2D eigenvalue weighted by atomic mass is 32.2. The van der Waals surface area contributed by atoms with Crippen molar-refractivity contribution in [2.24, 2.45) is 0 Å². The number of nitrogens with one attached hydrogen (secondary N) is 2. The molecule has 0 radical (unpaired) electrons. The number of anilines is 1. The summed E-state index contributed by atoms with van der Waals surface area (Å²) in [6.07, 6.45) is 0. The molecule has 32 heavy (non-hydrogen) atoms. The van der Waals surface area contributed by atoms with Crippen LogP contribution in [-0.4, -0.2) is 37.7 Å². The van der Waals surface area contributed by atoms with E-state index in [2.05, 4.69) is 20.2 Å². The predicted octanol–water partition coefficient (Wildman–Crippen LogP) is 3.37. The molecule has 1 aromatic heterocycles. The molecular weight excluding hydrogens is 452 g/mol. The van der Waals surface area contributed by atoms with Crippen LogP contribution in [0.2, 0.25) is 0 Å². The van der Waals surface area contributed by atoms with Crippen molar-refractivity contribution in [1.82, 2.24) is 14.9 Å². The number of hydrogen-bond acceptors (Lipinski definition) is 8. The van der Waals surface area contributed by atoms with E-state index in [9.17, 15) is 13.2 Å². The molecule has 0 bridgehead atoms. The second-order valence-electron chi connectivity index (χ2n) is 6.67. The Hall–Kier alpha value is -3.02. The first-order chi connectivity index (χ1) is 15.3. The van der Waals surface area contributed by atoms with Crippen molar-refractivity contribution < 1.29 is 22.7 Å². The lowest BCUT2D eigenvalue weighted by atomic mass is 10.1. The molecule has 0 aliphatic rings. The van der Waals surface area contributed by atoms with E-state index in [1.807, 2.05) is 26.8 Å². The van der Waals surface area contributed by atoms with Crippen LogP contribution in [0.25, 0.3) is 0 Å². The minimum atomic E-state index is -3.92. The molecule has 0 saturated carbocycles. The summed E-state index contributed by atoms with van der Waals surface area (Å²) in [4.78, 5) is 12.3. The van der Waals surface area contributed by atoms with Crippen molar-refractivity contribution in [3.05, 3.63) is 59.2 Å². The highest BCUT2D eigenvalue weighted by Gasteiger charge is 2.21. The van der Waals surface area contributed by atoms with Crippen LogP contribution in [0.15, 0.2) is 46.8 Å². The molecule has 1 heterocycles. The maximum Gasteiger partial charge on any atom is 0.270 e. The van der Waals surface area contributed by atoms with Gasteiger partial charge in [0.25, 0.3) is 15.9 Å². The molecule has 1 amide bonds. The van der Waals surface area contributed by atoms with E-state index in [1.165, 1.54) is 0 Å². The zero-order valence-corrected chi connectivity index (χ0v) is 19.5. The average molecular weight is 477 g/mol. The Morgan fingerprint density at radius 1 is 1.03 bits per heavy atom. The van der Waals surface area contributed by atoms with Crippen LogP contribution in [0.1, 0.15) is 35.3 Å². The van der Waals surface area contributed by atoms with Gasteiger partial charge in [0.1, 0.15) is 0 Å². The molecule has 3 rings (SSSR count). The minimum absolute atomic E-state index is 0.0272. The number of aryl methyl sites for hydroxylation is 1. The van der Waals surface area contributed by atoms with Crippen LogP contribution >= 0.6 is 11.3 Å². The highest BCUT2D eigenvalue weighted by molar-refractivity contribution is 7.91. The number of rotatable bonds is 10. The van der Waals surface area contributed by atoms with E-state index in [1.54, 1.807) is 36.4 Å². The number of carbonyl (C=O) groups excluding carboxylic acids is 1. The normalized spacial score (nSPS) is 11.2. The molecule has 11 heteroatoms. The molecule has 170 valence electrons. The smallest absolute Gasteiger partial charge is 0.270 e. The zero-order valence-electron chi connectivity index (χ0n) is 17.9. The summed E-state index contributed by atoms with van der Waals surface area (Å²) in [6, 6.07) is 12.2. The maximum absolute atomic E-state index is 12.6. The Morgan fingerprint density at radius 2 is 1.78 bits per heavy atom. The standard InChI is InChI=1S/C21H24N4O5S2/c1-4-29-17-10-9-15(12-18(17)30-5-2)13-22-32(27,28)21-25-24-20(31-21)23-19(26)16-8-6-7-14(3)11-16/h6-12,22H,4-5,13H2,1-3H3,(H,23,24,26). The molecule has 2 N–H and O–H groups in total. The van der Waals surface area contributed by atoms with Crippen LogP contribution in [0.5, 0.6) is 11.5 Å². The molecule has 0 aliphatic heterocycles. The summed E-state index contributed by atoms with van der Waals surface area (Å²) >= 11 is 0.773. The van der Waals surface area contributed by atoms with Crippen molar-refractivity contribution in [2.75, 3.05) is 18.5 Å². The van der Waals surface area contributed by atoms with Gasteiger partial charge in [0.05, 0.1) is 13.2 Å². The van der Waals surface area contributed by atoms with Gasteiger partial charge >= 0.3 is 0 Å². The van der Waals surface area contributed by atoms with Gasteiger partial charge in [0.15, 0.2) is 11.5 Å². The third kappa shape index (κ3) is 6.02. The summed E-state index contributed by atoms with van der Waals surface area (Å²) in [7, 11) is -3.92. The predicted molar refractivity (Wildman–Crippen MR) is 122 cm³/mol. The topological polar surface area (TPSA) is 120 Å². The quantitative estimate of drug-likeness (QED) is 0.431. The molecule has 9 nitrogen and oxygen atoms in total. The van der Waals surface area contributed by atoms with Gasteiger partial charge in [-0.15, -0.1) is 10.2 Å². The van der Waals surface area contributed by atoms with Crippen LogP contribution in [0, 0.1) is 6.92 Å². The van der Waals surface area contributed by atoms with E-state index in [0.717, 1.165) is 16.9 Å². The van der Waals surface area contributed by atoms with E-state index in [0.29, 0.717) is 35.8 Å². The van der Waals surface area contributed by atoms with Gasteiger partial charge < -0.3 is 9.47 Å². The van der Waals surface area contributed by atoms with Gasteiger partial charge in [-0.3, -0.25) is 10.1 Å². The second-order valence-corrected chi connectivity index (χ2v) is 9.59. The summed E-state index contributed by atoms with van der Waals surface area (Å²) in [5.74, 6) is 0.752. The van der Waals surface area contributed by atoms with Gasteiger partial charge in [-0.05, 0) is 50.6 Å². The Balaban J connectivity index is 1.67. The lowest BCUT2D eigenvalue weighted by molar-refractivity contribution is 0.102. The van der Waals surface area contributed by atoms with Gasteiger partial charge in [0.2, 0.25) is 9.47 Å². The average Bonchev–Trinajstić information content (AvgIpc) is 3.24. The SMILES string of the molecule is CCOc1ccc(CNS(=O)(=O)c2nnc(NC(=O)c3cccc(C)c3)s2)cc1OCC. The number of benzene rings is 2. The van der Waals surface area contributed by atoms with Crippen molar-refractivity contribution in [2.45, 2.75) is 31.7 Å². The number of ether oxygens (including phenoxy) is 2. The Labute approximate surface area is 190 Å². The van der Waals surface area contributed by atoms with Crippen molar-refractivity contribution in [3.8, 4) is 11.5 Å². The molecule has 0 aliphatic carbocycles. The Morgan fingerprint density at radius 3 is 2.50 bits per heavy atom. The molecule has 0 saturated heterocycles. The maximum atomic E-state index is 12.6. The molecule has 3 aromatic rings. The third-order valence-electron chi connectivity index (χ3n) is 4.21. The fraction of sp³-hybridized carbons (Fsp3) is 0.286.